The van der Waals surface area contributed by atoms with E-state index in [1.54, 1.807) is 6.20 Å². The number of aromatic amines is 1. The van der Waals surface area contributed by atoms with Crippen LogP contribution in [0, 0.1) is 6.92 Å². The summed E-state index contributed by atoms with van der Waals surface area (Å²) in [6, 6.07) is 0. The van der Waals surface area contributed by atoms with Crippen molar-refractivity contribution in [3.63, 3.8) is 0 Å². The largest absolute Gasteiger partial charge is 0.444 e. The molecule has 0 aliphatic rings. The third-order valence-electron chi connectivity index (χ3n) is 2.14. The maximum Gasteiger partial charge on any atom is 0.407 e. The molecule has 0 aromatic carbocycles. The molecule has 1 heterocycles. The summed E-state index contributed by atoms with van der Waals surface area (Å²) < 4.78 is 5.15. The minimum absolute atomic E-state index is 0.135. The van der Waals surface area contributed by atoms with Crippen LogP contribution in [-0.2, 0) is 4.74 Å². The van der Waals surface area contributed by atoms with E-state index in [0.717, 1.165) is 11.5 Å². The molecule has 1 atom stereocenters. The van der Waals surface area contributed by atoms with Crippen LogP contribution in [0.25, 0.3) is 0 Å². The molecule has 1 aromatic rings. The average Bonchev–Trinajstić information content (AvgIpc) is 2.58. The lowest BCUT2D eigenvalue weighted by molar-refractivity contribution is 0.0525. The molecule has 0 fully saturated rings. The number of aromatic nitrogens is 2. The first-order valence-corrected chi connectivity index (χ1v) is 5.76. The van der Waals surface area contributed by atoms with Gasteiger partial charge in [0.25, 0.3) is 0 Å². The third-order valence-corrected chi connectivity index (χ3v) is 2.14. The normalized spacial score (nSPS) is 13.2. The summed E-state index contributed by atoms with van der Waals surface area (Å²) in [5, 5.41) is 2.73. The number of aryl methyl sites for hydroxylation is 1. The summed E-state index contributed by atoms with van der Waals surface area (Å²) in [5.74, 6) is 1.01. The highest BCUT2D eigenvalue weighted by Gasteiger charge is 2.17. The Balaban J connectivity index is 2.38. The Hall–Kier alpha value is -1.52. The van der Waals surface area contributed by atoms with Gasteiger partial charge in [-0.05, 0) is 27.7 Å². The van der Waals surface area contributed by atoms with Crippen LogP contribution in [0.4, 0.5) is 4.79 Å². The van der Waals surface area contributed by atoms with E-state index in [2.05, 4.69) is 15.3 Å². The van der Waals surface area contributed by atoms with E-state index in [4.69, 9.17) is 4.74 Å². The molecule has 5 nitrogen and oxygen atoms in total. The van der Waals surface area contributed by atoms with E-state index in [-0.39, 0.29) is 5.92 Å². The van der Waals surface area contributed by atoms with Gasteiger partial charge in [-0.3, -0.25) is 0 Å². The molecule has 1 rings (SSSR count). The van der Waals surface area contributed by atoms with Crippen molar-refractivity contribution in [1.82, 2.24) is 15.3 Å². The molecule has 0 aliphatic carbocycles. The summed E-state index contributed by atoms with van der Waals surface area (Å²) >= 11 is 0. The van der Waals surface area contributed by atoms with E-state index in [1.807, 2.05) is 34.6 Å². The van der Waals surface area contributed by atoms with E-state index >= 15 is 0 Å². The van der Waals surface area contributed by atoms with Gasteiger partial charge in [0.05, 0.1) is 0 Å². The van der Waals surface area contributed by atoms with Crippen molar-refractivity contribution in [2.24, 2.45) is 0 Å². The predicted molar refractivity (Wildman–Crippen MR) is 66.0 cm³/mol. The van der Waals surface area contributed by atoms with Crippen molar-refractivity contribution >= 4 is 6.09 Å². The number of hydrogen-bond donors (Lipinski definition) is 2. The molecular weight excluding hydrogens is 218 g/mol. The number of carbonyl (C=O) groups is 1. The summed E-state index contributed by atoms with van der Waals surface area (Å²) in [6.07, 6.45) is 1.38. The highest BCUT2D eigenvalue weighted by molar-refractivity contribution is 5.67. The fraction of sp³-hybridized carbons (Fsp3) is 0.667. The molecular formula is C12H21N3O2. The highest BCUT2D eigenvalue weighted by Crippen LogP contribution is 2.11. The van der Waals surface area contributed by atoms with E-state index in [0.29, 0.717) is 6.54 Å². The van der Waals surface area contributed by atoms with Crippen molar-refractivity contribution in [3.8, 4) is 0 Å². The third kappa shape index (κ3) is 4.89. The minimum Gasteiger partial charge on any atom is -0.444 e. The number of nitrogens with zero attached hydrogens (tertiary/aromatic N) is 1. The van der Waals surface area contributed by atoms with Gasteiger partial charge in [-0.15, -0.1) is 0 Å². The van der Waals surface area contributed by atoms with Crippen molar-refractivity contribution in [2.75, 3.05) is 6.54 Å². The molecule has 0 saturated heterocycles. The number of ether oxygens (including phenoxy) is 1. The number of carbonyl (C=O) groups excluding carboxylic acids is 1. The first-order valence-electron chi connectivity index (χ1n) is 5.76. The van der Waals surface area contributed by atoms with Gasteiger partial charge in [0.2, 0.25) is 0 Å². The molecule has 1 amide bonds. The number of nitrogens with one attached hydrogen (secondary N) is 2. The topological polar surface area (TPSA) is 67.0 Å². The van der Waals surface area contributed by atoms with Crippen LogP contribution in [0.5, 0.6) is 0 Å². The number of hydrogen-bond acceptors (Lipinski definition) is 3. The van der Waals surface area contributed by atoms with E-state index < -0.39 is 11.7 Å². The van der Waals surface area contributed by atoms with E-state index in [1.165, 1.54) is 0 Å². The number of amides is 1. The zero-order valence-electron chi connectivity index (χ0n) is 11.1. The molecule has 0 spiro atoms. The van der Waals surface area contributed by atoms with Crippen LogP contribution in [0.1, 0.15) is 45.1 Å². The molecule has 5 heteroatoms. The molecule has 1 aromatic heterocycles. The molecule has 0 saturated carbocycles. The predicted octanol–water partition coefficient (Wildman–Crippen LogP) is 2.35. The van der Waals surface area contributed by atoms with Gasteiger partial charge in [0, 0.05) is 24.4 Å². The fourth-order valence-corrected chi connectivity index (χ4v) is 1.33. The Kier molecular flexibility index (Phi) is 4.15. The molecule has 0 radical (unpaired) electrons. The molecule has 0 aliphatic heterocycles. The first kappa shape index (κ1) is 13.5. The lowest BCUT2D eigenvalue weighted by Gasteiger charge is -2.20. The van der Waals surface area contributed by atoms with Gasteiger partial charge in [-0.25, -0.2) is 9.78 Å². The lowest BCUT2D eigenvalue weighted by Crippen LogP contribution is -2.34. The Bertz CT molecular complexity index is 379. The van der Waals surface area contributed by atoms with Crippen LogP contribution >= 0.6 is 0 Å². The van der Waals surface area contributed by atoms with Gasteiger partial charge >= 0.3 is 6.09 Å². The highest BCUT2D eigenvalue weighted by atomic mass is 16.6. The molecule has 0 bridgehead atoms. The fourth-order valence-electron chi connectivity index (χ4n) is 1.33. The van der Waals surface area contributed by atoms with Crippen molar-refractivity contribution in [2.45, 2.75) is 46.1 Å². The quantitative estimate of drug-likeness (QED) is 0.850. The second-order valence-corrected chi connectivity index (χ2v) is 5.24. The maximum atomic E-state index is 11.4. The number of H-pyrrole nitrogens is 1. The van der Waals surface area contributed by atoms with Gasteiger partial charge in [0.15, 0.2) is 0 Å². The number of rotatable bonds is 3. The Morgan fingerprint density at radius 2 is 2.24 bits per heavy atom. The van der Waals surface area contributed by atoms with Crippen molar-refractivity contribution in [1.29, 1.82) is 0 Å². The number of imidazole rings is 1. The SMILES string of the molecule is Cc1cnc(C(C)CNC(=O)OC(C)(C)C)[nH]1. The zero-order chi connectivity index (χ0) is 13.1. The van der Waals surface area contributed by atoms with Crippen LogP contribution in [0.15, 0.2) is 6.20 Å². The Morgan fingerprint density at radius 3 is 2.71 bits per heavy atom. The summed E-state index contributed by atoms with van der Waals surface area (Å²) in [7, 11) is 0. The van der Waals surface area contributed by atoms with Crippen LogP contribution in [-0.4, -0.2) is 28.2 Å². The minimum atomic E-state index is -0.464. The smallest absolute Gasteiger partial charge is 0.407 e. The van der Waals surface area contributed by atoms with Gasteiger partial charge in [-0.2, -0.15) is 0 Å². The first-order chi connectivity index (χ1) is 7.78. The Labute approximate surface area is 102 Å². The van der Waals surface area contributed by atoms with Crippen LogP contribution in [0.3, 0.4) is 0 Å². The van der Waals surface area contributed by atoms with Gasteiger partial charge in [-0.1, -0.05) is 6.92 Å². The zero-order valence-corrected chi connectivity index (χ0v) is 11.1. The van der Waals surface area contributed by atoms with Crippen molar-refractivity contribution in [3.05, 3.63) is 17.7 Å². The summed E-state index contributed by atoms with van der Waals surface area (Å²) in [6.45, 7) is 9.96. The second-order valence-electron chi connectivity index (χ2n) is 5.24. The summed E-state index contributed by atoms with van der Waals surface area (Å²) in [4.78, 5) is 18.8. The molecule has 96 valence electrons. The van der Waals surface area contributed by atoms with Gasteiger partial charge < -0.3 is 15.0 Å². The molecule has 2 N–H and O–H groups in total. The summed E-state index contributed by atoms with van der Waals surface area (Å²) in [5.41, 5.74) is 0.554. The lowest BCUT2D eigenvalue weighted by atomic mass is 10.2. The monoisotopic (exact) mass is 239 g/mol. The van der Waals surface area contributed by atoms with E-state index in [9.17, 15) is 4.79 Å². The molecule has 1 unspecified atom stereocenters. The number of alkyl carbamates (subject to hydrolysis) is 1. The Morgan fingerprint density at radius 1 is 1.59 bits per heavy atom. The average molecular weight is 239 g/mol. The standard InChI is InChI=1S/C12H21N3O2/c1-8(10-13-7-9(2)15-10)6-14-11(16)17-12(3,4)5/h7-8H,6H2,1-5H3,(H,13,15)(H,14,16). The maximum absolute atomic E-state index is 11.4. The van der Waals surface area contributed by atoms with Crippen LogP contribution < -0.4 is 5.32 Å². The van der Waals surface area contributed by atoms with Crippen LogP contribution in [0.2, 0.25) is 0 Å². The molecule has 17 heavy (non-hydrogen) atoms. The van der Waals surface area contributed by atoms with Gasteiger partial charge in [0.1, 0.15) is 11.4 Å². The second kappa shape index (κ2) is 5.21. The van der Waals surface area contributed by atoms with Crippen molar-refractivity contribution < 1.29 is 9.53 Å².